The van der Waals surface area contributed by atoms with Crippen LogP contribution in [0.1, 0.15) is 24.9 Å². The molecule has 1 aliphatic heterocycles. The Kier molecular flexibility index (Phi) is 3.51. The number of hydrogen-bond acceptors (Lipinski definition) is 3. The van der Waals surface area contributed by atoms with Crippen molar-refractivity contribution < 1.29 is 4.74 Å². The van der Waals surface area contributed by atoms with Crippen LogP contribution in [0.2, 0.25) is 0 Å². The molecule has 2 unspecified atom stereocenters. The predicted octanol–water partition coefficient (Wildman–Crippen LogP) is 2.39. The van der Waals surface area contributed by atoms with Crippen molar-refractivity contribution in [3.05, 3.63) is 48.3 Å². The third-order valence-electron chi connectivity index (χ3n) is 3.46. The van der Waals surface area contributed by atoms with Crippen molar-refractivity contribution in [3.63, 3.8) is 0 Å². The minimum atomic E-state index is 0.371. The molecule has 4 heteroatoms. The van der Waals surface area contributed by atoms with E-state index in [0.29, 0.717) is 12.1 Å². The maximum Gasteiger partial charge on any atom is 0.124 e. The lowest BCUT2D eigenvalue weighted by Crippen LogP contribution is -2.36. The van der Waals surface area contributed by atoms with Crippen LogP contribution < -0.4 is 10.1 Å². The van der Waals surface area contributed by atoms with E-state index in [0.717, 1.165) is 25.3 Å². The summed E-state index contributed by atoms with van der Waals surface area (Å²) in [5.41, 5.74) is 1.26. The van der Waals surface area contributed by atoms with E-state index < -0.39 is 0 Å². The summed E-state index contributed by atoms with van der Waals surface area (Å²) in [7, 11) is 0. The van der Waals surface area contributed by atoms with Gasteiger partial charge >= 0.3 is 0 Å². The molecule has 2 atom stereocenters. The number of rotatable bonds is 4. The largest absolute Gasteiger partial charge is 0.493 e. The molecule has 3 rings (SSSR count). The first-order valence-electron chi connectivity index (χ1n) is 6.78. The SMILES string of the molecule is CC(Cn1cccn1)NC1CCOc2ccccc21. The van der Waals surface area contributed by atoms with E-state index in [1.807, 2.05) is 35.3 Å². The van der Waals surface area contributed by atoms with Crippen molar-refractivity contribution >= 4 is 0 Å². The average Bonchev–Trinajstić information content (AvgIpc) is 2.92. The summed E-state index contributed by atoms with van der Waals surface area (Å²) in [6.45, 7) is 3.86. The molecular weight excluding hydrogens is 238 g/mol. The molecule has 0 radical (unpaired) electrons. The van der Waals surface area contributed by atoms with Crippen LogP contribution in [0.25, 0.3) is 0 Å². The zero-order valence-electron chi connectivity index (χ0n) is 11.1. The Hall–Kier alpha value is -1.81. The van der Waals surface area contributed by atoms with Crippen LogP contribution in [0.3, 0.4) is 0 Å². The smallest absolute Gasteiger partial charge is 0.124 e. The average molecular weight is 257 g/mol. The topological polar surface area (TPSA) is 39.1 Å². The minimum Gasteiger partial charge on any atom is -0.493 e. The molecule has 0 fully saturated rings. The first-order chi connectivity index (χ1) is 9.33. The minimum absolute atomic E-state index is 0.371. The molecule has 0 amide bonds. The van der Waals surface area contributed by atoms with Gasteiger partial charge in [0.15, 0.2) is 0 Å². The molecule has 0 saturated heterocycles. The lowest BCUT2D eigenvalue weighted by Gasteiger charge is -2.29. The number of para-hydroxylation sites is 1. The van der Waals surface area contributed by atoms with Crippen LogP contribution in [0, 0.1) is 0 Å². The fourth-order valence-electron chi connectivity index (χ4n) is 2.60. The monoisotopic (exact) mass is 257 g/mol. The van der Waals surface area contributed by atoms with Gasteiger partial charge in [-0.1, -0.05) is 18.2 Å². The Morgan fingerprint density at radius 3 is 3.16 bits per heavy atom. The van der Waals surface area contributed by atoms with Gasteiger partial charge in [0, 0.05) is 36.5 Å². The highest BCUT2D eigenvalue weighted by atomic mass is 16.5. The summed E-state index contributed by atoms with van der Waals surface area (Å²) in [5, 5.41) is 7.92. The molecule has 100 valence electrons. The van der Waals surface area contributed by atoms with E-state index in [4.69, 9.17) is 4.74 Å². The highest BCUT2D eigenvalue weighted by molar-refractivity contribution is 5.37. The summed E-state index contributed by atoms with van der Waals surface area (Å²) in [4.78, 5) is 0. The van der Waals surface area contributed by atoms with Crippen LogP contribution in [-0.2, 0) is 6.54 Å². The molecule has 2 heterocycles. The van der Waals surface area contributed by atoms with Crippen molar-refractivity contribution in [3.8, 4) is 5.75 Å². The van der Waals surface area contributed by atoms with E-state index >= 15 is 0 Å². The number of benzene rings is 1. The second kappa shape index (κ2) is 5.45. The molecule has 1 aromatic carbocycles. The van der Waals surface area contributed by atoms with Gasteiger partial charge in [-0.25, -0.2) is 0 Å². The van der Waals surface area contributed by atoms with Crippen LogP contribution in [0.5, 0.6) is 5.75 Å². The number of nitrogens with one attached hydrogen (secondary N) is 1. The number of fused-ring (bicyclic) bond motifs is 1. The Bertz CT molecular complexity index is 524. The van der Waals surface area contributed by atoms with E-state index in [2.05, 4.69) is 29.5 Å². The molecular formula is C15H19N3O. The predicted molar refractivity (Wildman–Crippen MR) is 74.1 cm³/mol. The zero-order valence-corrected chi connectivity index (χ0v) is 11.1. The van der Waals surface area contributed by atoms with Gasteiger partial charge < -0.3 is 10.1 Å². The van der Waals surface area contributed by atoms with E-state index in [9.17, 15) is 0 Å². The van der Waals surface area contributed by atoms with Gasteiger partial charge in [-0.3, -0.25) is 4.68 Å². The van der Waals surface area contributed by atoms with Crippen molar-refractivity contribution in [2.24, 2.45) is 0 Å². The second-order valence-electron chi connectivity index (χ2n) is 5.02. The second-order valence-corrected chi connectivity index (χ2v) is 5.02. The highest BCUT2D eigenvalue weighted by Gasteiger charge is 2.22. The van der Waals surface area contributed by atoms with E-state index in [-0.39, 0.29) is 0 Å². The lowest BCUT2D eigenvalue weighted by atomic mass is 10.00. The maximum absolute atomic E-state index is 5.68. The third kappa shape index (κ3) is 2.79. The fourth-order valence-corrected chi connectivity index (χ4v) is 2.60. The van der Waals surface area contributed by atoms with Crippen molar-refractivity contribution in [1.82, 2.24) is 15.1 Å². The molecule has 0 spiro atoms. The van der Waals surface area contributed by atoms with Crippen molar-refractivity contribution in [2.75, 3.05) is 6.61 Å². The fraction of sp³-hybridized carbons (Fsp3) is 0.400. The molecule has 0 aliphatic carbocycles. The van der Waals surface area contributed by atoms with Gasteiger partial charge in [0.2, 0.25) is 0 Å². The van der Waals surface area contributed by atoms with Crippen LogP contribution in [0.15, 0.2) is 42.7 Å². The zero-order chi connectivity index (χ0) is 13.1. The van der Waals surface area contributed by atoms with Gasteiger partial charge in [-0.05, 0) is 19.1 Å². The van der Waals surface area contributed by atoms with Gasteiger partial charge in [0.05, 0.1) is 13.2 Å². The summed E-state index contributed by atoms with van der Waals surface area (Å²) in [6, 6.07) is 11.0. The third-order valence-corrected chi connectivity index (χ3v) is 3.46. The molecule has 0 saturated carbocycles. The Labute approximate surface area is 113 Å². The van der Waals surface area contributed by atoms with Crippen LogP contribution in [-0.4, -0.2) is 22.4 Å². The number of hydrogen-bond donors (Lipinski definition) is 1. The van der Waals surface area contributed by atoms with E-state index in [1.54, 1.807) is 0 Å². The number of aromatic nitrogens is 2. The Morgan fingerprint density at radius 2 is 2.32 bits per heavy atom. The molecule has 1 aliphatic rings. The first kappa shape index (κ1) is 12.2. The number of nitrogens with zero attached hydrogens (tertiary/aromatic N) is 2. The molecule has 0 bridgehead atoms. The molecule has 1 N–H and O–H groups in total. The normalized spacial score (nSPS) is 19.5. The van der Waals surface area contributed by atoms with Crippen LogP contribution >= 0.6 is 0 Å². The van der Waals surface area contributed by atoms with Gasteiger partial charge in [0.1, 0.15) is 5.75 Å². The lowest BCUT2D eigenvalue weighted by molar-refractivity contribution is 0.241. The maximum atomic E-state index is 5.68. The molecule has 19 heavy (non-hydrogen) atoms. The van der Waals surface area contributed by atoms with Crippen molar-refractivity contribution in [1.29, 1.82) is 0 Å². The van der Waals surface area contributed by atoms with Gasteiger partial charge in [-0.15, -0.1) is 0 Å². The van der Waals surface area contributed by atoms with Crippen LogP contribution in [0.4, 0.5) is 0 Å². The summed E-state index contributed by atoms with van der Waals surface area (Å²) < 4.78 is 7.64. The standard InChI is InChI=1S/C15H19N3O/c1-12(11-18-9-4-8-16-18)17-14-7-10-19-15-6-3-2-5-13(14)15/h2-6,8-9,12,14,17H,7,10-11H2,1H3. The summed E-state index contributed by atoms with van der Waals surface area (Å²) >= 11 is 0. The van der Waals surface area contributed by atoms with Gasteiger partial charge in [-0.2, -0.15) is 5.10 Å². The Balaban J connectivity index is 1.67. The molecule has 4 nitrogen and oxygen atoms in total. The molecule has 2 aromatic rings. The first-order valence-corrected chi connectivity index (χ1v) is 6.78. The summed E-state index contributed by atoms with van der Waals surface area (Å²) in [5.74, 6) is 1.01. The van der Waals surface area contributed by atoms with Gasteiger partial charge in [0.25, 0.3) is 0 Å². The van der Waals surface area contributed by atoms with E-state index in [1.165, 1.54) is 5.56 Å². The van der Waals surface area contributed by atoms with Crippen molar-refractivity contribution in [2.45, 2.75) is 32.0 Å². The summed E-state index contributed by atoms with van der Waals surface area (Å²) in [6.07, 6.45) is 4.83. The highest BCUT2D eigenvalue weighted by Crippen LogP contribution is 2.31. The number of ether oxygens (including phenoxy) is 1. The molecule has 1 aromatic heterocycles. The quantitative estimate of drug-likeness (QED) is 0.914. The Morgan fingerprint density at radius 1 is 1.42 bits per heavy atom.